The first-order valence-electron chi connectivity index (χ1n) is 12.9. The fraction of sp³-hybridized carbons (Fsp3) is 0.393. The van der Waals surface area contributed by atoms with Gasteiger partial charge in [0.1, 0.15) is 17.8 Å². The number of hydrogen-bond donors (Lipinski definition) is 2. The predicted octanol–water partition coefficient (Wildman–Crippen LogP) is 4.40. The third-order valence-corrected chi connectivity index (χ3v) is 10.0. The number of anilines is 2. The molecule has 1 aliphatic carbocycles. The molecule has 1 saturated heterocycles. The molecule has 3 heterocycles. The molecule has 10 heteroatoms. The SMILES string of the molecule is C=C(C)C(=O)Nc1ccc(-c2c(C3=CC[C@H](S(=O)(=O)N4CCCC4)CC3)c3c(N)ncnc3n2C)c(C)c1. The Balaban J connectivity index is 1.58. The molecule has 2 aliphatic rings. The molecular formula is C28H34N6O3S. The Morgan fingerprint density at radius 2 is 1.95 bits per heavy atom. The summed E-state index contributed by atoms with van der Waals surface area (Å²) >= 11 is 0. The highest BCUT2D eigenvalue weighted by molar-refractivity contribution is 7.89. The number of rotatable bonds is 6. The minimum atomic E-state index is -3.31. The van der Waals surface area contributed by atoms with E-state index in [1.165, 1.54) is 6.33 Å². The van der Waals surface area contributed by atoms with Gasteiger partial charge >= 0.3 is 0 Å². The predicted molar refractivity (Wildman–Crippen MR) is 152 cm³/mol. The van der Waals surface area contributed by atoms with E-state index in [9.17, 15) is 13.2 Å². The lowest BCUT2D eigenvalue weighted by Gasteiger charge is -2.27. The number of nitrogen functional groups attached to an aromatic ring is 1. The van der Waals surface area contributed by atoms with Gasteiger partial charge in [-0.05, 0) is 69.2 Å². The van der Waals surface area contributed by atoms with Crippen molar-refractivity contribution in [3.05, 3.63) is 53.9 Å². The maximum Gasteiger partial charge on any atom is 0.250 e. The van der Waals surface area contributed by atoms with E-state index in [0.29, 0.717) is 55.1 Å². The third-order valence-electron chi connectivity index (χ3n) is 7.65. The van der Waals surface area contributed by atoms with E-state index in [4.69, 9.17) is 5.73 Å². The molecule has 1 atom stereocenters. The number of amides is 1. The lowest BCUT2D eigenvalue weighted by atomic mass is 9.89. The smallest absolute Gasteiger partial charge is 0.250 e. The van der Waals surface area contributed by atoms with Crippen LogP contribution in [0, 0.1) is 6.92 Å². The van der Waals surface area contributed by atoms with E-state index in [2.05, 4.69) is 27.9 Å². The van der Waals surface area contributed by atoms with Crippen LogP contribution >= 0.6 is 0 Å². The zero-order valence-corrected chi connectivity index (χ0v) is 22.9. The highest BCUT2D eigenvalue weighted by Gasteiger charge is 2.35. The molecule has 0 spiro atoms. The summed E-state index contributed by atoms with van der Waals surface area (Å²) in [6.45, 7) is 8.62. The minimum Gasteiger partial charge on any atom is -0.383 e. The number of carbonyl (C=O) groups excluding carboxylic acids is 1. The Bertz CT molecular complexity index is 1580. The number of aryl methyl sites for hydroxylation is 2. The van der Waals surface area contributed by atoms with Crippen molar-refractivity contribution in [3.63, 3.8) is 0 Å². The quantitative estimate of drug-likeness (QED) is 0.452. The van der Waals surface area contributed by atoms with Gasteiger partial charge in [0.2, 0.25) is 10.0 Å². The molecule has 9 nitrogen and oxygen atoms in total. The Morgan fingerprint density at radius 3 is 2.58 bits per heavy atom. The number of nitrogens with two attached hydrogens (primary N) is 1. The fourth-order valence-electron chi connectivity index (χ4n) is 5.61. The molecule has 1 amide bonds. The molecule has 3 N–H and O–H groups in total. The molecule has 38 heavy (non-hydrogen) atoms. The normalized spacial score (nSPS) is 18.5. The van der Waals surface area contributed by atoms with Crippen LogP contribution < -0.4 is 11.1 Å². The van der Waals surface area contributed by atoms with Crippen molar-refractivity contribution in [2.75, 3.05) is 24.1 Å². The van der Waals surface area contributed by atoms with Crippen LogP contribution in [0.4, 0.5) is 11.5 Å². The van der Waals surface area contributed by atoms with Crippen LogP contribution in [0.3, 0.4) is 0 Å². The van der Waals surface area contributed by atoms with Gasteiger partial charge in [-0.25, -0.2) is 22.7 Å². The minimum absolute atomic E-state index is 0.226. The largest absolute Gasteiger partial charge is 0.383 e. The Morgan fingerprint density at radius 1 is 1.21 bits per heavy atom. The summed E-state index contributed by atoms with van der Waals surface area (Å²) in [4.78, 5) is 20.9. The van der Waals surface area contributed by atoms with Crippen LogP contribution in [0.25, 0.3) is 27.9 Å². The average Bonchev–Trinajstić information content (AvgIpc) is 3.53. The lowest BCUT2D eigenvalue weighted by molar-refractivity contribution is -0.112. The molecule has 0 bridgehead atoms. The van der Waals surface area contributed by atoms with Crippen molar-refractivity contribution in [1.82, 2.24) is 18.8 Å². The van der Waals surface area contributed by atoms with Crippen molar-refractivity contribution in [1.29, 1.82) is 0 Å². The molecule has 200 valence electrons. The molecule has 0 saturated carbocycles. The van der Waals surface area contributed by atoms with Crippen molar-refractivity contribution in [3.8, 4) is 11.3 Å². The summed E-state index contributed by atoms with van der Waals surface area (Å²) < 4.78 is 30.1. The van der Waals surface area contributed by atoms with E-state index in [0.717, 1.165) is 46.2 Å². The third kappa shape index (κ3) is 4.52. The number of benzene rings is 1. The van der Waals surface area contributed by atoms with Gasteiger partial charge in [-0.15, -0.1) is 0 Å². The molecule has 0 unspecified atom stereocenters. The number of hydrogen-bond acceptors (Lipinski definition) is 6. The summed E-state index contributed by atoms with van der Waals surface area (Å²) in [5.41, 5.74) is 13.1. The number of fused-ring (bicyclic) bond motifs is 1. The molecule has 5 rings (SSSR count). The van der Waals surface area contributed by atoms with Gasteiger partial charge in [-0.2, -0.15) is 0 Å². The van der Waals surface area contributed by atoms with Gasteiger partial charge in [0.25, 0.3) is 5.91 Å². The van der Waals surface area contributed by atoms with Crippen LogP contribution in [-0.2, 0) is 21.9 Å². The molecule has 1 aliphatic heterocycles. The second-order valence-electron chi connectivity index (χ2n) is 10.3. The number of sulfonamides is 1. The number of aromatic nitrogens is 3. The Kier molecular flexibility index (Phi) is 6.87. The first kappa shape index (κ1) is 26.1. The van der Waals surface area contributed by atoms with E-state index >= 15 is 0 Å². The summed E-state index contributed by atoms with van der Waals surface area (Å²) in [6, 6.07) is 5.78. The Hall–Kier alpha value is -3.50. The summed E-state index contributed by atoms with van der Waals surface area (Å²) in [6.07, 6.45) is 7.01. The maximum atomic E-state index is 13.2. The van der Waals surface area contributed by atoms with Crippen molar-refractivity contribution in [2.24, 2.45) is 7.05 Å². The topological polar surface area (TPSA) is 123 Å². The second kappa shape index (κ2) is 9.99. The van der Waals surface area contributed by atoms with Crippen LogP contribution in [0.2, 0.25) is 0 Å². The highest BCUT2D eigenvalue weighted by Crippen LogP contribution is 2.44. The van der Waals surface area contributed by atoms with E-state index in [1.54, 1.807) is 11.2 Å². The number of allylic oxidation sites excluding steroid dienone is 2. The van der Waals surface area contributed by atoms with Gasteiger partial charge in [-0.3, -0.25) is 4.79 Å². The molecular weight excluding hydrogens is 500 g/mol. The zero-order valence-electron chi connectivity index (χ0n) is 22.1. The summed E-state index contributed by atoms with van der Waals surface area (Å²) in [5.74, 6) is 0.166. The Labute approximate surface area is 223 Å². The number of nitrogens with one attached hydrogen (secondary N) is 1. The molecule has 2 aromatic heterocycles. The molecule has 1 fully saturated rings. The monoisotopic (exact) mass is 534 g/mol. The van der Waals surface area contributed by atoms with Crippen molar-refractivity contribution in [2.45, 2.75) is 51.2 Å². The fourth-order valence-corrected chi connectivity index (χ4v) is 7.55. The van der Waals surface area contributed by atoms with Crippen molar-refractivity contribution >= 4 is 44.0 Å². The highest BCUT2D eigenvalue weighted by atomic mass is 32.2. The van der Waals surface area contributed by atoms with Gasteiger partial charge < -0.3 is 15.6 Å². The molecule has 1 aromatic carbocycles. The summed E-state index contributed by atoms with van der Waals surface area (Å²) in [5, 5.41) is 3.24. The first-order chi connectivity index (χ1) is 18.1. The first-order valence-corrected chi connectivity index (χ1v) is 14.4. The van der Waals surface area contributed by atoms with Crippen LogP contribution in [0.1, 0.15) is 50.2 Å². The van der Waals surface area contributed by atoms with E-state index in [1.807, 2.05) is 36.7 Å². The second-order valence-corrected chi connectivity index (χ2v) is 12.5. The maximum absolute atomic E-state index is 13.2. The summed E-state index contributed by atoms with van der Waals surface area (Å²) in [7, 11) is -1.36. The van der Waals surface area contributed by atoms with Crippen LogP contribution in [0.5, 0.6) is 0 Å². The van der Waals surface area contributed by atoms with Crippen LogP contribution in [0.15, 0.2) is 42.8 Å². The van der Waals surface area contributed by atoms with Crippen molar-refractivity contribution < 1.29 is 13.2 Å². The average molecular weight is 535 g/mol. The van der Waals surface area contributed by atoms with E-state index < -0.39 is 15.3 Å². The lowest BCUT2D eigenvalue weighted by Crippen LogP contribution is -2.37. The molecule has 0 radical (unpaired) electrons. The standard InChI is InChI=1S/C28H34N6O3S/c1-17(2)28(35)32-20-9-12-22(18(3)15-20)25-23(24-26(29)30-16-31-27(24)33(25)4)19-7-10-21(11-8-19)38(36,37)34-13-5-6-14-34/h7,9,12,15-16,21H,1,5-6,8,10-11,13-14H2,2-4H3,(H,32,35)(H2,29,30,31)/t21-/m0/s1. The number of carbonyl (C=O) groups is 1. The van der Waals surface area contributed by atoms with E-state index in [-0.39, 0.29) is 5.91 Å². The zero-order chi connectivity index (χ0) is 27.2. The molecule has 3 aromatic rings. The van der Waals surface area contributed by atoms with Crippen LogP contribution in [-0.4, -0.2) is 51.5 Å². The van der Waals surface area contributed by atoms with Gasteiger partial charge in [0, 0.05) is 42.5 Å². The van der Waals surface area contributed by atoms with Gasteiger partial charge in [0.05, 0.1) is 16.3 Å². The van der Waals surface area contributed by atoms with Gasteiger partial charge in [-0.1, -0.05) is 18.7 Å². The number of nitrogens with zero attached hydrogens (tertiary/aromatic N) is 4. The van der Waals surface area contributed by atoms with Gasteiger partial charge in [0.15, 0.2) is 0 Å².